The van der Waals surface area contributed by atoms with Crippen molar-refractivity contribution in [1.29, 1.82) is 0 Å². The van der Waals surface area contributed by atoms with Gasteiger partial charge in [-0.25, -0.2) is 0 Å². The quantitative estimate of drug-likeness (QED) is 0.235. The molecule has 4 rings (SSSR count). The van der Waals surface area contributed by atoms with E-state index < -0.39 is 28.1 Å². The lowest BCUT2D eigenvalue weighted by atomic mass is 9.45. The van der Waals surface area contributed by atoms with Crippen molar-refractivity contribution in [2.24, 2.45) is 29.6 Å². The van der Waals surface area contributed by atoms with Gasteiger partial charge in [-0.15, -0.1) is 13.2 Å². The Morgan fingerprint density at radius 2 is 1.27 bits per heavy atom. The smallest absolute Gasteiger partial charge is 0.164 e. The molecule has 3 unspecified atom stereocenters. The Morgan fingerprint density at radius 1 is 0.732 bits per heavy atom. The molecule has 5 heteroatoms. The predicted molar refractivity (Wildman–Crippen MR) is 172 cm³/mol. The molecule has 8 atom stereocenters. The molecule has 0 N–H and O–H groups in total. The molecule has 0 aromatic heterocycles. The molecule has 2 radical (unpaired) electrons. The molecule has 41 heavy (non-hydrogen) atoms. The maximum atomic E-state index is 6.97. The highest BCUT2D eigenvalue weighted by Crippen LogP contribution is 2.62. The highest BCUT2D eigenvalue weighted by molar-refractivity contribution is 6.17. The van der Waals surface area contributed by atoms with Crippen LogP contribution in [0, 0.1) is 29.6 Å². The molecule has 0 bridgehead atoms. The van der Waals surface area contributed by atoms with E-state index in [1.54, 1.807) is 0 Å². The predicted octanol–water partition coefficient (Wildman–Crippen LogP) is 9.58. The summed E-state index contributed by atoms with van der Waals surface area (Å²) < 4.78 is 25.4. The van der Waals surface area contributed by atoms with Crippen LogP contribution in [0.1, 0.15) is 133 Å². The normalized spacial score (nSPS) is 41.4. The van der Waals surface area contributed by atoms with Crippen molar-refractivity contribution >= 4 is 7.85 Å². The van der Waals surface area contributed by atoms with E-state index >= 15 is 0 Å². The van der Waals surface area contributed by atoms with E-state index in [0.29, 0.717) is 29.8 Å². The Morgan fingerprint density at radius 3 is 1.78 bits per heavy atom. The van der Waals surface area contributed by atoms with Gasteiger partial charge in [0.1, 0.15) is 0 Å². The van der Waals surface area contributed by atoms with Gasteiger partial charge in [0, 0.05) is 17.8 Å². The van der Waals surface area contributed by atoms with Gasteiger partial charge >= 0.3 is 0 Å². The summed E-state index contributed by atoms with van der Waals surface area (Å²) in [6.45, 7) is 29.1. The van der Waals surface area contributed by atoms with Crippen molar-refractivity contribution in [3.8, 4) is 0 Å². The molecule has 2 saturated carbocycles. The number of rotatable bonds is 6. The fraction of sp³-hybridized carbons (Fsp3) is 0.889. The summed E-state index contributed by atoms with van der Waals surface area (Å²) in [5.74, 6) is 1.07. The molecule has 0 amide bonds. The molecule has 0 aromatic carbocycles. The van der Waals surface area contributed by atoms with Crippen LogP contribution in [-0.4, -0.2) is 42.8 Å². The summed E-state index contributed by atoms with van der Waals surface area (Å²) in [4.78, 5) is 0. The van der Waals surface area contributed by atoms with Crippen LogP contribution in [0.3, 0.4) is 0 Å². The summed E-state index contributed by atoms with van der Waals surface area (Å²) in [5.41, 5.74) is -0.913. The monoisotopic (exact) mass is 570 g/mol. The fourth-order valence-corrected chi connectivity index (χ4v) is 8.49. The first-order valence-electron chi connectivity index (χ1n) is 16.7. The zero-order chi connectivity index (χ0) is 30.9. The molecule has 0 aromatic rings. The van der Waals surface area contributed by atoms with Crippen molar-refractivity contribution in [3.05, 3.63) is 25.3 Å². The Hall–Kier alpha value is -0.615. The van der Waals surface area contributed by atoms with Crippen LogP contribution >= 0.6 is 0 Å². The van der Waals surface area contributed by atoms with Crippen molar-refractivity contribution in [2.75, 3.05) is 0 Å². The van der Waals surface area contributed by atoms with Gasteiger partial charge in [0.2, 0.25) is 0 Å². The topological polar surface area (TPSA) is 36.9 Å². The summed E-state index contributed by atoms with van der Waals surface area (Å²) in [5, 5.41) is -0.592. The molecule has 4 aliphatic rings. The molecular weight excluding hydrogens is 507 g/mol. The molecule has 4 fully saturated rings. The SMILES string of the molecule is C=C[C@H](C)[C@@H]1OC(C)(C)O[C@H](C2CCCCC2)[C@H]1C.[B]C1(C)C(C)(C2CCCCC2)OC(C)(C)OC1(C)[C@@H](C)C=C. The molecule has 2 saturated heterocycles. The average Bonchev–Trinajstić information content (AvgIpc) is 2.93. The zero-order valence-corrected chi connectivity index (χ0v) is 28.4. The number of hydrogen-bond donors (Lipinski definition) is 0. The molecule has 4 nitrogen and oxygen atoms in total. The lowest BCUT2D eigenvalue weighted by Gasteiger charge is -2.66. The Bertz CT molecular complexity index is 871. The first-order valence-corrected chi connectivity index (χ1v) is 16.7. The van der Waals surface area contributed by atoms with Gasteiger partial charge < -0.3 is 18.9 Å². The van der Waals surface area contributed by atoms with Gasteiger partial charge in [-0.2, -0.15) is 0 Å². The molecule has 0 spiro atoms. The minimum absolute atomic E-state index is 0.147. The first kappa shape index (κ1) is 34.9. The third-order valence-electron chi connectivity index (χ3n) is 11.5. The van der Waals surface area contributed by atoms with Crippen LogP contribution in [0.2, 0.25) is 5.31 Å². The molecular formula is C36H63BO4. The van der Waals surface area contributed by atoms with Gasteiger partial charge in [-0.1, -0.05) is 78.4 Å². The average molecular weight is 571 g/mol. The largest absolute Gasteiger partial charge is 0.347 e. The van der Waals surface area contributed by atoms with E-state index in [2.05, 4.69) is 68.5 Å². The second kappa shape index (κ2) is 13.2. The van der Waals surface area contributed by atoms with Gasteiger partial charge in [0.25, 0.3) is 0 Å². The van der Waals surface area contributed by atoms with Gasteiger partial charge in [0.15, 0.2) is 11.6 Å². The number of ether oxygens (including phenoxy) is 4. The second-order valence-electron chi connectivity index (χ2n) is 15.3. The molecule has 2 heterocycles. The highest BCUT2D eigenvalue weighted by Gasteiger charge is 2.64. The Balaban J connectivity index is 0.000000228. The van der Waals surface area contributed by atoms with Crippen LogP contribution < -0.4 is 0 Å². The summed E-state index contributed by atoms with van der Waals surface area (Å²) in [6.07, 6.45) is 17.6. The van der Waals surface area contributed by atoms with Crippen LogP contribution in [0.4, 0.5) is 0 Å². The van der Waals surface area contributed by atoms with Crippen molar-refractivity contribution in [3.63, 3.8) is 0 Å². The second-order valence-corrected chi connectivity index (χ2v) is 15.3. The third-order valence-corrected chi connectivity index (χ3v) is 11.5. The van der Waals surface area contributed by atoms with Gasteiger partial charge in [-0.3, -0.25) is 0 Å². The minimum atomic E-state index is -0.642. The van der Waals surface area contributed by atoms with Crippen molar-refractivity contribution in [2.45, 2.75) is 174 Å². The van der Waals surface area contributed by atoms with Crippen molar-refractivity contribution < 1.29 is 18.9 Å². The summed E-state index contributed by atoms with van der Waals surface area (Å²) in [6, 6.07) is 0. The first-order chi connectivity index (χ1) is 18.9. The van der Waals surface area contributed by atoms with E-state index in [-0.39, 0.29) is 12.0 Å². The maximum Gasteiger partial charge on any atom is 0.164 e. The van der Waals surface area contributed by atoms with Crippen LogP contribution in [0.5, 0.6) is 0 Å². The maximum absolute atomic E-state index is 6.97. The molecule has 234 valence electrons. The summed E-state index contributed by atoms with van der Waals surface area (Å²) in [7, 11) is 6.97. The fourth-order valence-electron chi connectivity index (χ4n) is 8.49. The van der Waals surface area contributed by atoms with Crippen molar-refractivity contribution in [1.82, 2.24) is 0 Å². The lowest BCUT2D eigenvalue weighted by Crippen LogP contribution is -2.69. The molecule has 2 aliphatic heterocycles. The van der Waals surface area contributed by atoms with E-state index in [4.69, 9.17) is 26.8 Å². The van der Waals surface area contributed by atoms with Crippen LogP contribution in [0.15, 0.2) is 25.3 Å². The van der Waals surface area contributed by atoms with Crippen LogP contribution in [-0.2, 0) is 18.9 Å². The van der Waals surface area contributed by atoms with E-state index in [9.17, 15) is 0 Å². The van der Waals surface area contributed by atoms with Gasteiger partial charge in [-0.05, 0) is 84.4 Å². The standard InChI is InChI=1S/C19H33BO2.C17H30O2/c1-8-14(2)17(5)19(7,20)18(6,22-16(3,4)21-17)15-12-10-9-11-13-15;1-6-12(2)15-13(3)16(19-17(4,5)18-15)14-10-8-7-9-11-14/h8,14-15H,1,9-13H2,2-7H3;6,12-16H,1,7-11H2,2-5H3/t14-,17?,18?,19?;12-,13-,15-,16-/m00/s1. The highest BCUT2D eigenvalue weighted by atomic mass is 16.7. The third kappa shape index (κ3) is 7.21. The van der Waals surface area contributed by atoms with E-state index in [0.717, 1.165) is 0 Å². The lowest BCUT2D eigenvalue weighted by molar-refractivity contribution is -0.390. The summed E-state index contributed by atoms with van der Waals surface area (Å²) >= 11 is 0. The minimum Gasteiger partial charge on any atom is -0.347 e. The zero-order valence-electron chi connectivity index (χ0n) is 28.4. The Labute approximate surface area is 255 Å². The Kier molecular flexibility index (Phi) is 11.2. The van der Waals surface area contributed by atoms with Crippen LogP contribution in [0.25, 0.3) is 0 Å². The molecule has 2 aliphatic carbocycles. The van der Waals surface area contributed by atoms with Gasteiger partial charge in [0.05, 0.1) is 31.3 Å². The van der Waals surface area contributed by atoms with E-state index in [1.807, 2.05) is 26.0 Å². The van der Waals surface area contributed by atoms with E-state index in [1.165, 1.54) is 64.2 Å². The number of hydrogen-bond acceptors (Lipinski definition) is 4.